The van der Waals surface area contributed by atoms with Gasteiger partial charge in [0.2, 0.25) is 0 Å². The molecular formula is C24H25N5O4. The van der Waals surface area contributed by atoms with E-state index in [-0.39, 0.29) is 11.8 Å². The SMILES string of the molecule is COc1cccc(-c2ccc3nc([C@H]4CCCN(C(=O)c5cc(C)on5)C4)nn3c2)c1OC. The number of para-hydroxylation sites is 1. The predicted molar refractivity (Wildman–Crippen MR) is 121 cm³/mol. The molecule has 1 aliphatic rings. The Morgan fingerprint density at radius 2 is 2.06 bits per heavy atom. The summed E-state index contributed by atoms with van der Waals surface area (Å²) in [6.07, 6.45) is 3.75. The molecule has 4 heterocycles. The van der Waals surface area contributed by atoms with Crippen LogP contribution in [0.3, 0.4) is 0 Å². The fourth-order valence-corrected chi connectivity index (χ4v) is 4.35. The van der Waals surface area contributed by atoms with E-state index in [1.54, 1.807) is 31.7 Å². The summed E-state index contributed by atoms with van der Waals surface area (Å²) in [5.41, 5.74) is 2.95. The number of fused-ring (bicyclic) bond motifs is 1. The van der Waals surface area contributed by atoms with E-state index in [9.17, 15) is 4.79 Å². The van der Waals surface area contributed by atoms with Gasteiger partial charge in [-0.05, 0) is 38.0 Å². The zero-order valence-corrected chi connectivity index (χ0v) is 18.8. The van der Waals surface area contributed by atoms with E-state index in [1.807, 2.05) is 41.4 Å². The number of aromatic nitrogens is 4. The van der Waals surface area contributed by atoms with Crippen molar-refractivity contribution >= 4 is 11.6 Å². The highest BCUT2D eigenvalue weighted by Crippen LogP contribution is 2.37. The molecular weight excluding hydrogens is 422 g/mol. The number of benzene rings is 1. The Balaban J connectivity index is 1.42. The second-order valence-corrected chi connectivity index (χ2v) is 8.14. The summed E-state index contributed by atoms with van der Waals surface area (Å²) in [6, 6.07) is 11.4. The number of amides is 1. The number of likely N-dealkylation sites (tertiary alicyclic amines) is 1. The minimum atomic E-state index is -0.118. The van der Waals surface area contributed by atoms with Crippen LogP contribution in [0.5, 0.6) is 11.5 Å². The van der Waals surface area contributed by atoms with Crippen LogP contribution in [0.15, 0.2) is 47.1 Å². The molecule has 0 unspecified atom stereocenters. The summed E-state index contributed by atoms with van der Waals surface area (Å²) in [5.74, 6) is 2.64. The normalized spacial score (nSPS) is 16.2. The Bertz CT molecular complexity index is 1310. The standard InChI is InChI=1S/C24H25N5O4/c1-15-12-19(27-33-15)24(30)28-11-5-6-17(13-28)23-25-21-10-9-16(14-29(21)26-23)18-7-4-8-20(31-2)22(18)32-3/h4,7-10,12,14,17H,5-6,11,13H2,1-3H3/t17-/m0/s1. The van der Waals surface area contributed by atoms with Crippen LogP contribution in [0.2, 0.25) is 0 Å². The van der Waals surface area contributed by atoms with Gasteiger partial charge in [-0.3, -0.25) is 4.79 Å². The number of piperidine rings is 1. The zero-order valence-electron chi connectivity index (χ0n) is 18.8. The molecule has 3 aromatic heterocycles. The third-order valence-corrected chi connectivity index (χ3v) is 5.98. The number of methoxy groups -OCH3 is 2. The Labute approximate surface area is 190 Å². The van der Waals surface area contributed by atoms with Crippen LogP contribution >= 0.6 is 0 Å². The molecule has 0 bridgehead atoms. The molecule has 1 amide bonds. The molecule has 1 fully saturated rings. The van der Waals surface area contributed by atoms with Gasteiger partial charge < -0.3 is 18.9 Å². The molecule has 1 saturated heterocycles. The average Bonchev–Trinajstić information content (AvgIpc) is 3.48. The molecule has 0 radical (unpaired) electrons. The van der Waals surface area contributed by atoms with E-state index in [0.29, 0.717) is 36.0 Å². The molecule has 170 valence electrons. The van der Waals surface area contributed by atoms with Gasteiger partial charge in [0.05, 0.1) is 14.2 Å². The number of hydrogen-bond donors (Lipinski definition) is 0. The Hall–Kier alpha value is -3.88. The quantitative estimate of drug-likeness (QED) is 0.460. The van der Waals surface area contributed by atoms with E-state index < -0.39 is 0 Å². The molecule has 5 rings (SSSR count). The van der Waals surface area contributed by atoms with Crippen LogP contribution in [-0.2, 0) is 0 Å². The number of aryl methyl sites for hydroxylation is 1. The highest BCUT2D eigenvalue weighted by Gasteiger charge is 2.29. The summed E-state index contributed by atoms with van der Waals surface area (Å²) in [6.45, 7) is 3.02. The summed E-state index contributed by atoms with van der Waals surface area (Å²) in [4.78, 5) is 19.4. The van der Waals surface area contributed by atoms with Gasteiger partial charge in [0.25, 0.3) is 5.91 Å². The minimum absolute atomic E-state index is 0.0606. The van der Waals surface area contributed by atoms with E-state index in [1.165, 1.54) is 0 Å². The van der Waals surface area contributed by atoms with Gasteiger partial charge in [0, 0.05) is 42.4 Å². The van der Waals surface area contributed by atoms with Crippen molar-refractivity contribution in [3.63, 3.8) is 0 Å². The summed E-state index contributed by atoms with van der Waals surface area (Å²) in [7, 11) is 3.25. The van der Waals surface area contributed by atoms with Crippen molar-refractivity contribution in [3.05, 3.63) is 59.9 Å². The van der Waals surface area contributed by atoms with Crippen LogP contribution in [0.25, 0.3) is 16.8 Å². The maximum absolute atomic E-state index is 12.8. The lowest BCUT2D eigenvalue weighted by atomic mass is 9.97. The Kier molecular flexibility index (Phi) is 5.45. The highest BCUT2D eigenvalue weighted by molar-refractivity contribution is 5.92. The first-order valence-electron chi connectivity index (χ1n) is 10.9. The van der Waals surface area contributed by atoms with Gasteiger partial charge >= 0.3 is 0 Å². The van der Waals surface area contributed by atoms with Crippen molar-refractivity contribution in [1.82, 2.24) is 24.7 Å². The van der Waals surface area contributed by atoms with Crippen LogP contribution < -0.4 is 9.47 Å². The lowest BCUT2D eigenvalue weighted by Crippen LogP contribution is -2.39. The first-order valence-corrected chi connectivity index (χ1v) is 10.9. The van der Waals surface area contributed by atoms with Gasteiger partial charge in [-0.2, -0.15) is 5.10 Å². The maximum atomic E-state index is 12.8. The van der Waals surface area contributed by atoms with Crippen molar-refractivity contribution in [3.8, 4) is 22.6 Å². The summed E-state index contributed by atoms with van der Waals surface area (Å²) >= 11 is 0. The van der Waals surface area contributed by atoms with E-state index in [4.69, 9.17) is 24.1 Å². The molecule has 0 spiro atoms. The number of ether oxygens (including phenoxy) is 2. The maximum Gasteiger partial charge on any atom is 0.276 e. The second kappa shape index (κ2) is 8.57. The number of rotatable bonds is 5. The monoisotopic (exact) mass is 447 g/mol. The first-order chi connectivity index (χ1) is 16.1. The molecule has 0 saturated carbocycles. The zero-order chi connectivity index (χ0) is 22.9. The number of carbonyl (C=O) groups excluding carboxylic acids is 1. The third-order valence-electron chi connectivity index (χ3n) is 5.98. The molecule has 1 aliphatic heterocycles. The number of carbonyl (C=O) groups is 1. The predicted octanol–water partition coefficient (Wildman–Crippen LogP) is 3.73. The van der Waals surface area contributed by atoms with Crippen LogP contribution in [-0.4, -0.2) is 57.9 Å². The Morgan fingerprint density at radius 3 is 2.82 bits per heavy atom. The van der Waals surface area contributed by atoms with Crippen molar-refractivity contribution in [1.29, 1.82) is 0 Å². The average molecular weight is 447 g/mol. The van der Waals surface area contributed by atoms with Crippen molar-refractivity contribution in [2.24, 2.45) is 0 Å². The van der Waals surface area contributed by atoms with Crippen molar-refractivity contribution in [2.75, 3.05) is 27.3 Å². The molecule has 1 aromatic carbocycles. The number of hydrogen-bond acceptors (Lipinski definition) is 7. The van der Waals surface area contributed by atoms with Crippen molar-refractivity contribution in [2.45, 2.75) is 25.7 Å². The smallest absolute Gasteiger partial charge is 0.276 e. The summed E-state index contributed by atoms with van der Waals surface area (Å²) < 4.78 is 17.9. The minimum Gasteiger partial charge on any atom is -0.493 e. The van der Waals surface area contributed by atoms with Gasteiger partial charge in [0.1, 0.15) is 5.76 Å². The van der Waals surface area contributed by atoms with Crippen LogP contribution in [0.4, 0.5) is 0 Å². The molecule has 33 heavy (non-hydrogen) atoms. The van der Waals surface area contributed by atoms with Gasteiger partial charge in [-0.1, -0.05) is 17.3 Å². The van der Waals surface area contributed by atoms with Crippen LogP contribution in [0.1, 0.15) is 40.8 Å². The molecule has 9 heteroatoms. The number of nitrogens with zero attached hydrogens (tertiary/aromatic N) is 5. The third kappa shape index (κ3) is 3.90. The van der Waals surface area contributed by atoms with Gasteiger partial charge in [-0.15, -0.1) is 0 Å². The molecule has 0 N–H and O–H groups in total. The second-order valence-electron chi connectivity index (χ2n) is 8.14. The topological polar surface area (TPSA) is 95.0 Å². The first kappa shape index (κ1) is 21.0. The summed E-state index contributed by atoms with van der Waals surface area (Å²) in [5, 5.41) is 8.62. The van der Waals surface area contributed by atoms with Gasteiger partial charge in [0.15, 0.2) is 28.7 Å². The molecule has 9 nitrogen and oxygen atoms in total. The number of pyridine rings is 1. The largest absolute Gasteiger partial charge is 0.493 e. The highest BCUT2D eigenvalue weighted by atomic mass is 16.5. The van der Waals surface area contributed by atoms with E-state index >= 15 is 0 Å². The lowest BCUT2D eigenvalue weighted by Gasteiger charge is -2.30. The fraction of sp³-hybridized carbons (Fsp3) is 0.333. The van der Waals surface area contributed by atoms with Crippen molar-refractivity contribution < 1.29 is 18.8 Å². The molecule has 0 aliphatic carbocycles. The van der Waals surface area contributed by atoms with E-state index in [2.05, 4.69) is 5.16 Å². The molecule has 4 aromatic rings. The van der Waals surface area contributed by atoms with Gasteiger partial charge in [-0.25, -0.2) is 9.50 Å². The fourth-order valence-electron chi connectivity index (χ4n) is 4.35. The molecule has 1 atom stereocenters. The van der Waals surface area contributed by atoms with E-state index in [0.717, 1.165) is 35.4 Å². The Morgan fingerprint density at radius 1 is 1.18 bits per heavy atom. The lowest BCUT2D eigenvalue weighted by molar-refractivity contribution is 0.0694. The van der Waals surface area contributed by atoms with Crippen LogP contribution in [0, 0.1) is 6.92 Å².